The lowest BCUT2D eigenvalue weighted by molar-refractivity contribution is 0.284. The van der Waals surface area contributed by atoms with Gasteiger partial charge in [-0.15, -0.1) is 11.8 Å². The van der Waals surface area contributed by atoms with Crippen LogP contribution in [-0.2, 0) is 13.2 Å². The number of rotatable bonds is 11. The molecule has 47 heavy (non-hydrogen) atoms. The van der Waals surface area contributed by atoms with Gasteiger partial charge in [-0.25, -0.2) is 0 Å². The highest BCUT2D eigenvalue weighted by molar-refractivity contribution is 14.1. The first-order chi connectivity index (χ1) is 22.9. The zero-order chi connectivity index (χ0) is 33.2. The molecule has 4 aromatic carbocycles. The third kappa shape index (κ3) is 8.89. The molecule has 6 aromatic rings. The molecule has 0 amide bonds. The van der Waals surface area contributed by atoms with Gasteiger partial charge in [0.25, 0.3) is 0 Å². The summed E-state index contributed by atoms with van der Waals surface area (Å²) in [5.41, 5.74) is 5.79. The second kappa shape index (κ2) is 16.4. The van der Waals surface area contributed by atoms with Crippen LogP contribution in [0, 0.1) is 17.4 Å². The molecular formula is C37H35IN2O6S. The van der Waals surface area contributed by atoms with Crippen LogP contribution in [0.15, 0.2) is 111 Å². The first-order valence-electron chi connectivity index (χ1n) is 14.7. The first-order valence-corrected chi connectivity index (χ1v) is 17.0. The summed E-state index contributed by atoms with van der Waals surface area (Å²) in [4.78, 5) is 1.05. The number of nitrogens with zero attached hydrogens (tertiary/aromatic N) is 2. The summed E-state index contributed by atoms with van der Waals surface area (Å²) in [6.07, 6.45) is 2.02. The zero-order valence-electron chi connectivity index (χ0n) is 26.8. The topological polar surface area (TPSA) is 89.0 Å². The summed E-state index contributed by atoms with van der Waals surface area (Å²) in [5.74, 6) is 4.22. The van der Waals surface area contributed by atoms with Crippen LogP contribution in [0.25, 0.3) is 22.6 Å². The molecule has 10 heteroatoms. The standard InChI is InChI=1S/C19H19NO3S.C18H16INO3/c1-13-9-16(23-20-13)15-10-18(17(21-2)11-19(15)24-3)22-12-14-7-5-4-6-8-14;1-12-8-16(23-20-12)14-9-18(17(21-2)10-15(14)19)22-11-13-6-4-3-5-7-13/h4-11H,12H2,1-3H3;3-10H,11H2,1-2H3. The van der Waals surface area contributed by atoms with E-state index in [4.69, 9.17) is 28.0 Å². The van der Waals surface area contributed by atoms with Gasteiger partial charge >= 0.3 is 0 Å². The maximum atomic E-state index is 5.99. The fourth-order valence-corrected chi connectivity index (χ4v) is 5.93. The molecule has 0 aliphatic carbocycles. The minimum atomic E-state index is 0.477. The van der Waals surface area contributed by atoms with E-state index in [1.54, 1.807) is 26.0 Å². The third-order valence-electron chi connectivity index (χ3n) is 7.00. The average Bonchev–Trinajstić information content (AvgIpc) is 3.75. The van der Waals surface area contributed by atoms with Crippen LogP contribution >= 0.6 is 34.4 Å². The van der Waals surface area contributed by atoms with Gasteiger partial charge in [-0.2, -0.15) is 0 Å². The molecule has 6 rings (SSSR count). The number of hydrogen-bond acceptors (Lipinski definition) is 9. The largest absolute Gasteiger partial charge is 0.493 e. The molecule has 0 radical (unpaired) electrons. The average molecular weight is 763 g/mol. The van der Waals surface area contributed by atoms with Crippen LogP contribution in [0.1, 0.15) is 22.5 Å². The van der Waals surface area contributed by atoms with E-state index in [2.05, 4.69) is 32.9 Å². The molecule has 0 spiro atoms. The van der Waals surface area contributed by atoms with E-state index in [-0.39, 0.29) is 0 Å². The van der Waals surface area contributed by atoms with Crippen molar-refractivity contribution in [3.8, 4) is 45.6 Å². The normalized spacial score (nSPS) is 10.6. The van der Waals surface area contributed by atoms with Crippen molar-refractivity contribution in [2.24, 2.45) is 0 Å². The van der Waals surface area contributed by atoms with Gasteiger partial charge < -0.3 is 28.0 Å². The summed E-state index contributed by atoms with van der Waals surface area (Å²) in [5, 5.41) is 7.93. The molecule has 0 fully saturated rings. The second-order valence-corrected chi connectivity index (χ2v) is 12.4. The van der Waals surface area contributed by atoms with E-state index in [1.807, 2.05) is 117 Å². The van der Waals surface area contributed by atoms with E-state index in [0.29, 0.717) is 36.2 Å². The predicted octanol–water partition coefficient (Wildman–Crippen LogP) is 9.80. The predicted molar refractivity (Wildman–Crippen MR) is 193 cm³/mol. The molecule has 242 valence electrons. The van der Waals surface area contributed by atoms with Crippen molar-refractivity contribution >= 4 is 34.4 Å². The highest BCUT2D eigenvalue weighted by Crippen LogP contribution is 2.40. The lowest BCUT2D eigenvalue weighted by Crippen LogP contribution is -1.98. The van der Waals surface area contributed by atoms with Crippen molar-refractivity contribution < 1.29 is 28.0 Å². The van der Waals surface area contributed by atoms with Crippen LogP contribution in [0.3, 0.4) is 0 Å². The third-order valence-corrected chi connectivity index (χ3v) is 8.67. The van der Waals surface area contributed by atoms with Crippen LogP contribution in [0.5, 0.6) is 23.0 Å². The molecule has 0 saturated carbocycles. The van der Waals surface area contributed by atoms with Crippen LogP contribution < -0.4 is 18.9 Å². The minimum absolute atomic E-state index is 0.477. The van der Waals surface area contributed by atoms with E-state index >= 15 is 0 Å². The quantitative estimate of drug-likeness (QED) is 0.0946. The number of aromatic nitrogens is 2. The Labute approximate surface area is 292 Å². The van der Waals surface area contributed by atoms with Gasteiger partial charge in [0.15, 0.2) is 34.5 Å². The number of benzene rings is 4. The molecule has 2 aromatic heterocycles. The Morgan fingerprint density at radius 2 is 1.09 bits per heavy atom. The first kappa shape index (κ1) is 33.9. The number of halogens is 1. The van der Waals surface area contributed by atoms with E-state index < -0.39 is 0 Å². The van der Waals surface area contributed by atoms with E-state index in [9.17, 15) is 0 Å². The zero-order valence-corrected chi connectivity index (χ0v) is 29.8. The van der Waals surface area contributed by atoms with Crippen molar-refractivity contribution in [1.82, 2.24) is 10.3 Å². The fraction of sp³-hybridized carbons (Fsp3) is 0.189. The number of hydrogen-bond donors (Lipinski definition) is 0. The summed E-state index contributed by atoms with van der Waals surface area (Å²) < 4.78 is 34.7. The van der Waals surface area contributed by atoms with Gasteiger partial charge in [-0.1, -0.05) is 71.0 Å². The molecule has 0 bridgehead atoms. The van der Waals surface area contributed by atoms with Gasteiger partial charge in [0.2, 0.25) is 0 Å². The molecule has 0 N–H and O–H groups in total. The molecule has 0 atom stereocenters. The number of aryl methyl sites for hydroxylation is 2. The minimum Gasteiger partial charge on any atom is -0.493 e. The van der Waals surface area contributed by atoms with E-state index in [1.165, 1.54) is 0 Å². The van der Waals surface area contributed by atoms with Crippen LogP contribution in [0.4, 0.5) is 0 Å². The Morgan fingerprint density at radius 3 is 1.53 bits per heavy atom. The smallest absolute Gasteiger partial charge is 0.168 e. The molecule has 0 aliphatic rings. The molecule has 0 saturated heterocycles. The highest BCUT2D eigenvalue weighted by atomic mass is 127. The van der Waals surface area contributed by atoms with Crippen molar-refractivity contribution in [1.29, 1.82) is 0 Å². The Kier molecular flexibility index (Phi) is 11.9. The summed E-state index contributed by atoms with van der Waals surface area (Å²) in [6.45, 7) is 4.76. The van der Waals surface area contributed by atoms with Gasteiger partial charge in [-0.3, -0.25) is 0 Å². The van der Waals surface area contributed by atoms with Gasteiger partial charge in [0.1, 0.15) is 13.2 Å². The Bertz CT molecular complexity index is 1890. The van der Waals surface area contributed by atoms with Gasteiger partial charge in [0.05, 0.1) is 25.6 Å². The summed E-state index contributed by atoms with van der Waals surface area (Å²) in [6, 6.07) is 31.7. The van der Waals surface area contributed by atoms with Crippen molar-refractivity contribution in [2.75, 3.05) is 20.5 Å². The summed E-state index contributed by atoms with van der Waals surface area (Å²) >= 11 is 3.88. The maximum Gasteiger partial charge on any atom is 0.168 e. The fourth-order valence-electron chi connectivity index (χ4n) is 4.62. The Hall–Kier alpha value is -4.42. The number of thioether (sulfide) groups is 1. The molecule has 2 heterocycles. The Morgan fingerprint density at radius 1 is 0.617 bits per heavy atom. The molecular weight excluding hydrogens is 727 g/mol. The maximum absolute atomic E-state index is 5.99. The molecule has 0 aliphatic heterocycles. The monoisotopic (exact) mass is 762 g/mol. The Balaban J connectivity index is 0.000000185. The second-order valence-electron chi connectivity index (χ2n) is 10.4. The summed E-state index contributed by atoms with van der Waals surface area (Å²) in [7, 11) is 3.28. The SMILES string of the molecule is COc1cc(I)c(-c2cc(C)no2)cc1OCc1ccccc1.COc1cc(SC)c(-c2cc(C)no2)cc1OCc1ccccc1. The molecule has 0 unspecified atom stereocenters. The van der Waals surface area contributed by atoms with Crippen molar-refractivity contribution in [3.05, 3.63) is 123 Å². The molecule has 8 nitrogen and oxygen atoms in total. The van der Waals surface area contributed by atoms with Crippen molar-refractivity contribution in [3.63, 3.8) is 0 Å². The highest BCUT2D eigenvalue weighted by Gasteiger charge is 2.17. The van der Waals surface area contributed by atoms with Crippen molar-refractivity contribution in [2.45, 2.75) is 32.0 Å². The van der Waals surface area contributed by atoms with Crippen LogP contribution in [0.2, 0.25) is 0 Å². The van der Waals surface area contributed by atoms with E-state index in [0.717, 1.165) is 53.6 Å². The van der Waals surface area contributed by atoms with Crippen LogP contribution in [-0.4, -0.2) is 30.8 Å². The van der Waals surface area contributed by atoms with Gasteiger partial charge in [0, 0.05) is 31.7 Å². The lowest BCUT2D eigenvalue weighted by atomic mass is 10.1. The van der Waals surface area contributed by atoms with Gasteiger partial charge in [-0.05, 0) is 78.1 Å². The lowest BCUT2D eigenvalue weighted by Gasteiger charge is -2.14. The number of methoxy groups -OCH3 is 2. The number of ether oxygens (including phenoxy) is 4.